The number of fused-ring (bicyclic) bond motifs is 1. The van der Waals surface area contributed by atoms with Crippen molar-refractivity contribution in [1.29, 1.82) is 0 Å². The third-order valence-electron chi connectivity index (χ3n) is 5.12. The summed E-state index contributed by atoms with van der Waals surface area (Å²) in [7, 11) is 3.19. The number of aromatic nitrogens is 2. The molecular formula is C23H23N3O3. The monoisotopic (exact) mass is 389 g/mol. The Bertz CT molecular complexity index is 1020. The molecule has 6 nitrogen and oxygen atoms in total. The molecule has 0 spiro atoms. The number of rotatable bonds is 5. The van der Waals surface area contributed by atoms with Gasteiger partial charge in [-0.2, -0.15) is 0 Å². The highest BCUT2D eigenvalue weighted by atomic mass is 16.5. The summed E-state index contributed by atoms with van der Waals surface area (Å²) in [6.07, 6.45) is 2.90. The Labute approximate surface area is 170 Å². The normalized spacial score (nSPS) is 13.0. The van der Waals surface area contributed by atoms with Crippen molar-refractivity contribution in [3.8, 4) is 22.9 Å². The van der Waals surface area contributed by atoms with Gasteiger partial charge in [0.1, 0.15) is 0 Å². The number of ether oxygens (including phenoxy) is 2. The second-order valence-electron chi connectivity index (χ2n) is 6.96. The lowest BCUT2D eigenvalue weighted by atomic mass is 10.0. The Balaban J connectivity index is 1.46. The molecule has 0 N–H and O–H groups in total. The molecule has 1 aliphatic heterocycles. The summed E-state index contributed by atoms with van der Waals surface area (Å²) in [5, 5.41) is 0. The topological polar surface area (TPSA) is 64.5 Å². The summed E-state index contributed by atoms with van der Waals surface area (Å²) in [6.45, 7) is 1.20. The number of amides is 1. The zero-order valence-electron chi connectivity index (χ0n) is 16.6. The minimum Gasteiger partial charge on any atom is -0.493 e. The van der Waals surface area contributed by atoms with Crippen LogP contribution in [0, 0.1) is 0 Å². The van der Waals surface area contributed by atoms with Gasteiger partial charge in [0, 0.05) is 36.8 Å². The first-order valence-electron chi connectivity index (χ1n) is 9.57. The fourth-order valence-corrected chi connectivity index (χ4v) is 3.53. The van der Waals surface area contributed by atoms with Crippen LogP contribution in [0.2, 0.25) is 0 Å². The first kappa shape index (κ1) is 18.9. The second-order valence-corrected chi connectivity index (χ2v) is 6.96. The summed E-state index contributed by atoms with van der Waals surface area (Å²) >= 11 is 0. The SMILES string of the molecule is COc1ccc(CC(=O)N2CCc3nc(-c4ccccc4)ncc3C2)cc1OC. The predicted molar refractivity (Wildman–Crippen MR) is 110 cm³/mol. The number of methoxy groups -OCH3 is 2. The van der Waals surface area contributed by atoms with E-state index < -0.39 is 0 Å². The summed E-state index contributed by atoms with van der Waals surface area (Å²) in [4.78, 5) is 23.9. The molecule has 0 aliphatic carbocycles. The maximum atomic E-state index is 12.8. The van der Waals surface area contributed by atoms with E-state index in [9.17, 15) is 4.79 Å². The minimum absolute atomic E-state index is 0.0787. The van der Waals surface area contributed by atoms with Gasteiger partial charge >= 0.3 is 0 Å². The molecule has 0 radical (unpaired) electrons. The third-order valence-corrected chi connectivity index (χ3v) is 5.12. The number of carbonyl (C=O) groups excluding carboxylic acids is 1. The van der Waals surface area contributed by atoms with Crippen LogP contribution in [-0.4, -0.2) is 41.5 Å². The molecule has 0 bridgehead atoms. The first-order valence-corrected chi connectivity index (χ1v) is 9.57. The summed E-state index contributed by atoms with van der Waals surface area (Å²) in [5.41, 5.74) is 3.93. The number of hydrogen-bond donors (Lipinski definition) is 0. The van der Waals surface area contributed by atoms with Gasteiger partial charge in [-0.05, 0) is 17.7 Å². The van der Waals surface area contributed by atoms with Crippen molar-refractivity contribution in [1.82, 2.24) is 14.9 Å². The van der Waals surface area contributed by atoms with Crippen LogP contribution in [0.1, 0.15) is 16.8 Å². The maximum absolute atomic E-state index is 12.8. The molecule has 1 aliphatic rings. The molecule has 0 saturated carbocycles. The Morgan fingerprint density at radius 1 is 1.07 bits per heavy atom. The molecule has 0 atom stereocenters. The lowest BCUT2D eigenvalue weighted by molar-refractivity contribution is -0.131. The molecule has 3 aromatic rings. The first-order chi connectivity index (χ1) is 14.2. The van der Waals surface area contributed by atoms with Crippen molar-refractivity contribution in [2.45, 2.75) is 19.4 Å². The molecule has 4 rings (SSSR count). The van der Waals surface area contributed by atoms with E-state index in [0.717, 1.165) is 34.6 Å². The Morgan fingerprint density at radius 2 is 1.86 bits per heavy atom. The lowest BCUT2D eigenvalue weighted by Crippen LogP contribution is -2.37. The highest BCUT2D eigenvalue weighted by molar-refractivity contribution is 5.79. The van der Waals surface area contributed by atoms with Gasteiger partial charge in [-0.3, -0.25) is 4.79 Å². The number of carbonyl (C=O) groups is 1. The second kappa shape index (κ2) is 8.31. The zero-order chi connectivity index (χ0) is 20.2. The molecule has 2 heterocycles. The molecule has 1 aromatic heterocycles. The number of hydrogen-bond acceptors (Lipinski definition) is 5. The fraction of sp³-hybridized carbons (Fsp3) is 0.261. The Kier molecular flexibility index (Phi) is 5.42. The summed E-state index contributed by atoms with van der Waals surface area (Å²) in [5.74, 6) is 2.09. The van der Waals surface area contributed by atoms with Crippen molar-refractivity contribution in [2.24, 2.45) is 0 Å². The molecule has 0 unspecified atom stereocenters. The van der Waals surface area contributed by atoms with Crippen LogP contribution in [0.5, 0.6) is 11.5 Å². The van der Waals surface area contributed by atoms with Crippen LogP contribution >= 0.6 is 0 Å². The van der Waals surface area contributed by atoms with Crippen LogP contribution in [0.25, 0.3) is 11.4 Å². The minimum atomic E-state index is 0.0787. The Hall–Kier alpha value is -3.41. The number of nitrogens with zero attached hydrogens (tertiary/aromatic N) is 3. The van der Waals surface area contributed by atoms with Gasteiger partial charge in [0.25, 0.3) is 0 Å². The molecular weight excluding hydrogens is 366 g/mol. The lowest BCUT2D eigenvalue weighted by Gasteiger charge is -2.28. The molecule has 0 fully saturated rings. The highest BCUT2D eigenvalue weighted by Gasteiger charge is 2.23. The van der Waals surface area contributed by atoms with E-state index in [4.69, 9.17) is 14.5 Å². The van der Waals surface area contributed by atoms with E-state index in [-0.39, 0.29) is 5.91 Å². The van der Waals surface area contributed by atoms with Crippen molar-refractivity contribution < 1.29 is 14.3 Å². The van der Waals surface area contributed by atoms with Crippen LogP contribution in [0.4, 0.5) is 0 Å². The van der Waals surface area contributed by atoms with Crippen molar-refractivity contribution >= 4 is 5.91 Å². The van der Waals surface area contributed by atoms with E-state index in [1.807, 2.05) is 59.6 Å². The van der Waals surface area contributed by atoms with Crippen LogP contribution < -0.4 is 9.47 Å². The van der Waals surface area contributed by atoms with E-state index in [1.54, 1.807) is 14.2 Å². The molecule has 2 aromatic carbocycles. The van der Waals surface area contributed by atoms with Crippen LogP contribution in [0.3, 0.4) is 0 Å². The number of benzene rings is 2. The summed E-state index contributed by atoms with van der Waals surface area (Å²) < 4.78 is 10.6. The average Bonchev–Trinajstić information content (AvgIpc) is 2.78. The van der Waals surface area contributed by atoms with E-state index in [1.165, 1.54) is 0 Å². The average molecular weight is 389 g/mol. The van der Waals surface area contributed by atoms with Gasteiger partial charge in [-0.1, -0.05) is 36.4 Å². The molecule has 148 valence electrons. The van der Waals surface area contributed by atoms with Crippen LogP contribution in [-0.2, 0) is 24.2 Å². The highest BCUT2D eigenvalue weighted by Crippen LogP contribution is 2.28. The Morgan fingerprint density at radius 3 is 2.62 bits per heavy atom. The predicted octanol–water partition coefficient (Wildman–Crippen LogP) is 3.29. The van der Waals surface area contributed by atoms with Crippen molar-refractivity contribution in [3.05, 3.63) is 71.5 Å². The summed E-state index contributed by atoms with van der Waals surface area (Å²) in [6, 6.07) is 15.5. The largest absolute Gasteiger partial charge is 0.493 e. The van der Waals surface area contributed by atoms with Crippen LogP contribution in [0.15, 0.2) is 54.7 Å². The van der Waals surface area contributed by atoms with Gasteiger partial charge in [0.15, 0.2) is 17.3 Å². The van der Waals surface area contributed by atoms with Gasteiger partial charge in [0.2, 0.25) is 5.91 Å². The van der Waals surface area contributed by atoms with E-state index in [0.29, 0.717) is 31.0 Å². The van der Waals surface area contributed by atoms with Gasteiger partial charge in [0.05, 0.1) is 26.3 Å². The zero-order valence-corrected chi connectivity index (χ0v) is 16.6. The maximum Gasteiger partial charge on any atom is 0.227 e. The third kappa shape index (κ3) is 4.06. The molecule has 0 saturated heterocycles. The van der Waals surface area contributed by atoms with E-state index >= 15 is 0 Å². The van der Waals surface area contributed by atoms with Crippen molar-refractivity contribution in [2.75, 3.05) is 20.8 Å². The standard InChI is InChI=1S/C23H23N3O3/c1-28-20-9-8-16(12-21(20)29-2)13-22(27)26-11-10-19-18(15-26)14-24-23(25-19)17-6-4-3-5-7-17/h3-9,12,14H,10-11,13,15H2,1-2H3. The smallest absolute Gasteiger partial charge is 0.227 e. The molecule has 6 heteroatoms. The molecule has 29 heavy (non-hydrogen) atoms. The van der Waals surface area contributed by atoms with Gasteiger partial charge in [-0.25, -0.2) is 9.97 Å². The fourth-order valence-electron chi connectivity index (χ4n) is 3.53. The van der Waals surface area contributed by atoms with Gasteiger partial charge in [-0.15, -0.1) is 0 Å². The van der Waals surface area contributed by atoms with Crippen molar-refractivity contribution in [3.63, 3.8) is 0 Å². The molecule has 1 amide bonds. The van der Waals surface area contributed by atoms with Gasteiger partial charge < -0.3 is 14.4 Å². The quantitative estimate of drug-likeness (QED) is 0.670. The van der Waals surface area contributed by atoms with E-state index in [2.05, 4.69) is 4.98 Å².